The highest BCUT2D eigenvalue weighted by Gasteiger charge is 2.39. The molecule has 5 rings (SSSR count). The van der Waals surface area contributed by atoms with Gasteiger partial charge in [-0.05, 0) is 84.4 Å². The topological polar surface area (TPSA) is 291 Å². The van der Waals surface area contributed by atoms with Crippen molar-refractivity contribution in [2.45, 2.75) is 135 Å². The van der Waals surface area contributed by atoms with E-state index in [4.69, 9.17) is 5.73 Å². The SMILES string of the molecule is CC[C@H](C)[C@H](NC(=O)[C@H](CC(=O)O)NC(=O)[C@H](CCCCN)NC(=O)[C@H](NC(C)=O)C1c2ccccc2CCc2ccccc21)C(=O)N[C@H](C(=O)N[C@@H](Cc1c[nH]c2ccccc12)C(=O)O)[C@@H](C)CC. The Bertz CT molecular complexity index is 2460. The van der Waals surface area contributed by atoms with E-state index in [0.29, 0.717) is 44.1 Å². The number of nitrogens with one attached hydrogen (secondary N) is 7. The van der Waals surface area contributed by atoms with E-state index >= 15 is 0 Å². The molecule has 3 aromatic carbocycles. The lowest BCUT2D eigenvalue weighted by Gasteiger charge is -2.31. The van der Waals surface area contributed by atoms with E-state index in [2.05, 4.69) is 36.9 Å². The number of para-hydroxylation sites is 1. The van der Waals surface area contributed by atoms with Crippen molar-refractivity contribution in [2.24, 2.45) is 17.6 Å². The van der Waals surface area contributed by atoms with Crippen LogP contribution in [0.15, 0.2) is 79.0 Å². The molecule has 11 N–H and O–H groups in total. The molecule has 0 aliphatic heterocycles. The first kappa shape index (κ1) is 53.9. The first-order chi connectivity index (χ1) is 33.5. The standard InChI is InChI=1S/C52H68N8O10/c1-6-29(3)44(49(66)58-41(52(69)70)26-34-28-54-38-21-13-12-18-35(34)38)60-50(67)45(30(4)7-2)59-48(65)40(27-42(62)63)57-47(64)39(22-14-15-25-53)56-51(68)46(55-31(5)61)43-36-19-10-8-16-32(36)23-24-33-17-9-11-20-37(33)43/h8-13,16-21,28-30,39-41,43-46,54H,6-7,14-15,22-27,53H2,1-5H3,(H,55,61)(H,56,68)(H,57,64)(H,58,66)(H,59,65)(H,60,67)(H,62,63)(H,69,70)/t29-,30-,39-,40-,41-,44-,45-,46+/m0/s1. The van der Waals surface area contributed by atoms with E-state index in [1.54, 1.807) is 33.9 Å². The number of carboxylic acid groups (broad SMARTS) is 2. The second kappa shape index (κ2) is 25.5. The number of carbonyl (C=O) groups is 8. The van der Waals surface area contributed by atoms with Crippen molar-refractivity contribution in [2.75, 3.05) is 6.54 Å². The number of rotatable bonds is 25. The molecule has 0 spiro atoms. The van der Waals surface area contributed by atoms with Crippen LogP contribution in [0.2, 0.25) is 0 Å². The number of hydrogen-bond donors (Lipinski definition) is 10. The van der Waals surface area contributed by atoms with E-state index < -0.39 is 108 Å². The Morgan fingerprint density at radius 2 is 1.16 bits per heavy atom. The lowest BCUT2D eigenvalue weighted by molar-refractivity contribution is -0.142. The van der Waals surface area contributed by atoms with Crippen molar-refractivity contribution in [3.05, 3.63) is 107 Å². The third-order valence-electron chi connectivity index (χ3n) is 13.3. The van der Waals surface area contributed by atoms with Crippen molar-refractivity contribution in [1.82, 2.24) is 36.9 Å². The maximum absolute atomic E-state index is 14.6. The first-order valence-electron chi connectivity index (χ1n) is 24.1. The molecule has 0 fully saturated rings. The smallest absolute Gasteiger partial charge is 0.326 e. The minimum atomic E-state index is -1.74. The predicted molar refractivity (Wildman–Crippen MR) is 263 cm³/mol. The highest BCUT2D eigenvalue weighted by Crippen LogP contribution is 2.37. The number of aromatic nitrogens is 1. The summed E-state index contributed by atoms with van der Waals surface area (Å²) in [4.78, 5) is 112. The summed E-state index contributed by atoms with van der Waals surface area (Å²) in [6.07, 6.45) is 3.76. The van der Waals surface area contributed by atoms with Gasteiger partial charge in [0.15, 0.2) is 0 Å². The molecule has 0 saturated carbocycles. The van der Waals surface area contributed by atoms with Gasteiger partial charge in [-0.1, -0.05) is 107 Å². The number of aliphatic carboxylic acids is 2. The van der Waals surface area contributed by atoms with E-state index in [1.165, 1.54) is 6.92 Å². The third-order valence-corrected chi connectivity index (χ3v) is 13.3. The molecule has 0 bridgehead atoms. The van der Waals surface area contributed by atoms with E-state index in [0.717, 1.165) is 33.2 Å². The van der Waals surface area contributed by atoms with Crippen LogP contribution in [0, 0.1) is 11.8 Å². The number of carbonyl (C=O) groups excluding carboxylic acids is 6. The van der Waals surface area contributed by atoms with Gasteiger partial charge in [-0.15, -0.1) is 0 Å². The monoisotopic (exact) mass is 965 g/mol. The van der Waals surface area contributed by atoms with Crippen LogP contribution in [0.5, 0.6) is 0 Å². The van der Waals surface area contributed by atoms with Crippen LogP contribution >= 0.6 is 0 Å². The largest absolute Gasteiger partial charge is 0.481 e. The Hall–Kier alpha value is -7.08. The molecule has 0 radical (unpaired) electrons. The van der Waals surface area contributed by atoms with Gasteiger partial charge >= 0.3 is 11.9 Å². The molecule has 1 aromatic heterocycles. The lowest BCUT2D eigenvalue weighted by atomic mass is 9.82. The molecule has 6 amide bonds. The van der Waals surface area contributed by atoms with Crippen LogP contribution in [0.1, 0.15) is 107 Å². The number of H-pyrrole nitrogens is 1. The quantitative estimate of drug-likeness (QED) is 0.0430. The van der Waals surface area contributed by atoms with E-state index in [-0.39, 0.29) is 19.4 Å². The summed E-state index contributed by atoms with van der Waals surface area (Å²) in [5.41, 5.74) is 10.9. The van der Waals surface area contributed by atoms with E-state index in [1.807, 2.05) is 72.8 Å². The summed E-state index contributed by atoms with van der Waals surface area (Å²) in [6.45, 7) is 8.53. The van der Waals surface area contributed by atoms with Gasteiger partial charge < -0.3 is 52.8 Å². The van der Waals surface area contributed by atoms with Gasteiger partial charge in [0.05, 0.1) is 6.42 Å². The molecule has 18 heteroatoms. The number of unbranched alkanes of at least 4 members (excludes halogenated alkanes) is 1. The van der Waals surface area contributed by atoms with Gasteiger partial charge in [-0.3, -0.25) is 33.6 Å². The predicted octanol–water partition coefficient (Wildman–Crippen LogP) is 3.35. The maximum atomic E-state index is 14.6. The van der Waals surface area contributed by atoms with Gasteiger partial charge in [0.2, 0.25) is 35.4 Å². The van der Waals surface area contributed by atoms with Gasteiger partial charge in [-0.2, -0.15) is 0 Å². The minimum absolute atomic E-state index is 0.0439. The minimum Gasteiger partial charge on any atom is -0.481 e. The van der Waals surface area contributed by atoms with Gasteiger partial charge in [0.25, 0.3) is 0 Å². The van der Waals surface area contributed by atoms with Gasteiger partial charge in [0, 0.05) is 36.4 Å². The van der Waals surface area contributed by atoms with Gasteiger partial charge in [0.1, 0.15) is 36.3 Å². The fourth-order valence-electron chi connectivity index (χ4n) is 9.01. The average Bonchev–Trinajstić information content (AvgIpc) is 3.67. The normalized spacial score (nSPS) is 15.7. The molecule has 8 atom stereocenters. The summed E-state index contributed by atoms with van der Waals surface area (Å²) < 4.78 is 0. The number of amides is 6. The van der Waals surface area contributed by atoms with Crippen molar-refractivity contribution in [1.29, 1.82) is 0 Å². The fraction of sp³-hybridized carbons (Fsp3) is 0.462. The lowest BCUT2D eigenvalue weighted by Crippen LogP contribution is -2.61. The van der Waals surface area contributed by atoms with Crippen molar-refractivity contribution >= 4 is 58.3 Å². The first-order valence-corrected chi connectivity index (χ1v) is 24.1. The maximum Gasteiger partial charge on any atom is 0.326 e. The van der Waals surface area contributed by atoms with Gasteiger partial charge in [-0.25, -0.2) is 4.79 Å². The number of benzene rings is 3. The zero-order valence-corrected chi connectivity index (χ0v) is 40.5. The molecule has 376 valence electrons. The fourth-order valence-corrected chi connectivity index (χ4v) is 9.01. The van der Waals surface area contributed by atoms with Crippen molar-refractivity contribution in [3.8, 4) is 0 Å². The molecule has 18 nitrogen and oxygen atoms in total. The number of hydrogen-bond acceptors (Lipinski definition) is 9. The van der Waals surface area contributed by atoms with Crippen LogP contribution < -0.4 is 37.6 Å². The summed E-state index contributed by atoms with van der Waals surface area (Å²) in [7, 11) is 0. The summed E-state index contributed by atoms with van der Waals surface area (Å²) in [6, 6.07) is 14.5. The van der Waals surface area contributed by atoms with Crippen LogP contribution in [0.25, 0.3) is 10.9 Å². The van der Waals surface area contributed by atoms with E-state index in [9.17, 15) is 48.6 Å². The van der Waals surface area contributed by atoms with Crippen LogP contribution in [-0.2, 0) is 57.6 Å². The molecule has 4 aromatic rings. The Labute approximate surface area is 408 Å². The second-order valence-electron chi connectivity index (χ2n) is 18.3. The number of fused-ring (bicyclic) bond motifs is 3. The molecular formula is C52H68N8O10. The molecule has 0 saturated heterocycles. The Kier molecular flexibility index (Phi) is 19.6. The molecule has 70 heavy (non-hydrogen) atoms. The Morgan fingerprint density at radius 1 is 0.643 bits per heavy atom. The Balaban J connectivity index is 1.36. The highest BCUT2D eigenvalue weighted by molar-refractivity contribution is 5.98. The summed E-state index contributed by atoms with van der Waals surface area (Å²) in [5, 5.41) is 37.0. The number of carboxylic acids is 2. The molecule has 0 unspecified atom stereocenters. The molecule has 1 aliphatic rings. The highest BCUT2D eigenvalue weighted by atomic mass is 16.4. The third kappa shape index (κ3) is 14.0. The second-order valence-corrected chi connectivity index (χ2v) is 18.3. The van der Waals surface area contributed by atoms with Crippen LogP contribution in [-0.4, -0.2) is 105 Å². The van der Waals surface area contributed by atoms with Crippen LogP contribution in [0.3, 0.4) is 0 Å². The number of aromatic amines is 1. The zero-order valence-electron chi connectivity index (χ0n) is 40.5. The summed E-state index contributed by atoms with van der Waals surface area (Å²) in [5.74, 6) is -9.04. The van der Waals surface area contributed by atoms with Crippen LogP contribution in [0.4, 0.5) is 0 Å². The number of nitrogens with two attached hydrogens (primary N) is 1. The molecule has 1 aliphatic carbocycles. The van der Waals surface area contributed by atoms with Crippen molar-refractivity contribution in [3.63, 3.8) is 0 Å². The molecular weight excluding hydrogens is 897 g/mol. The van der Waals surface area contributed by atoms with Crippen molar-refractivity contribution < 1.29 is 48.6 Å². The average molecular weight is 965 g/mol. The number of aryl methyl sites for hydroxylation is 2. The summed E-state index contributed by atoms with van der Waals surface area (Å²) >= 11 is 0. The zero-order chi connectivity index (χ0) is 51.1. The Morgan fingerprint density at radius 3 is 1.71 bits per heavy atom. The molecule has 1 heterocycles.